The number of piperazine rings is 1. The van der Waals surface area contributed by atoms with Gasteiger partial charge < -0.3 is 4.90 Å². The van der Waals surface area contributed by atoms with Gasteiger partial charge in [-0.25, -0.2) is 9.07 Å². The lowest BCUT2D eigenvalue weighted by Crippen LogP contribution is -2.46. The number of aromatic nitrogens is 2. The van der Waals surface area contributed by atoms with Crippen LogP contribution in [0.15, 0.2) is 78.9 Å². The Morgan fingerprint density at radius 3 is 2.23 bits per heavy atom. The number of hydrogen-bond acceptors (Lipinski definition) is 3. The summed E-state index contributed by atoms with van der Waals surface area (Å²) < 4.78 is 15.5. The summed E-state index contributed by atoms with van der Waals surface area (Å²) in [6.07, 6.45) is 1.99. The van der Waals surface area contributed by atoms with Crippen LogP contribution < -0.4 is 4.90 Å². The van der Waals surface area contributed by atoms with Gasteiger partial charge in [0.1, 0.15) is 5.82 Å². The van der Waals surface area contributed by atoms with Crippen molar-refractivity contribution in [3.8, 4) is 16.9 Å². The molecule has 5 rings (SSSR count). The molecule has 3 aromatic carbocycles. The maximum Gasteiger partial charge on any atom is 0.123 e. The first-order chi connectivity index (χ1) is 17.1. The van der Waals surface area contributed by atoms with Crippen molar-refractivity contribution in [2.24, 2.45) is 0 Å². The normalized spacial score (nSPS) is 14.4. The van der Waals surface area contributed by atoms with E-state index in [2.05, 4.69) is 60.0 Å². The predicted octanol–water partition coefficient (Wildman–Crippen LogP) is 6.05. The Labute approximate surface area is 207 Å². The van der Waals surface area contributed by atoms with Crippen LogP contribution in [0, 0.1) is 19.7 Å². The highest BCUT2D eigenvalue weighted by atomic mass is 19.1. The minimum atomic E-state index is -0.225. The quantitative estimate of drug-likeness (QED) is 0.330. The van der Waals surface area contributed by atoms with Crippen LogP contribution in [0.25, 0.3) is 16.9 Å². The highest BCUT2D eigenvalue weighted by molar-refractivity contribution is 5.62. The van der Waals surface area contributed by atoms with Gasteiger partial charge in [0.2, 0.25) is 0 Å². The van der Waals surface area contributed by atoms with Gasteiger partial charge in [0.25, 0.3) is 0 Å². The van der Waals surface area contributed by atoms with Crippen molar-refractivity contribution in [3.63, 3.8) is 0 Å². The van der Waals surface area contributed by atoms with E-state index in [1.807, 2.05) is 35.0 Å². The number of nitrogens with zero attached hydrogens (tertiary/aromatic N) is 4. The van der Waals surface area contributed by atoms with Crippen LogP contribution in [-0.4, -0.2) is 47.4 Å². The molecule has 35 heavy (non-hydrogen) atoms. The van der Waals surface area contributed by atoms with Crippen LogP contribution >= 0.6 is 0 Å². The van der Waals surface area contributed by atoms with Gasteiger partial charge in [-0.3, -0.25) is 4.90 Å². The van der Waals surface area contributed by atoms with E-state index in [9.17, 15) is 4.39 Å². The summed E-state index contributed by atoms with van der Waals surface area (Å²) in [5, 5.41) is 4.93. The lowest BCUT2D eigenvalue weighted by molar-refractivity contribution is 0.255. The number of hydrogen-bond donors (Lipinski definition) is 0. The molecule has 180 valence electrons. The van der Waals surface area contributed by atoms with Gasteiger partial charge in [0.05, 0.1) is 17.1 Å². The van der Waals surface area contributed by atoms with Crippen LogP contribution in [0.5, 0.6) is 0 Å². The number of benzene rings is 3. The van der Waals surface area contributed by atoms with Gasteiger partial charge in [0, 0.05) is 37.4 Å². The molecule has 0 radical (unpaired) electrons. The molecule has 1 aromatic heterocycles. The van der Waals surface area contributed by atoms with Crippen LogP contribution in [0.4, 0.5) is 10.1 Å². The van der Waals surface area contributed by atoms with Crippen molar-refractivity contribution in [1.82, 2.24) is 14.7 Å². The Balaban J connectivity index is 1.21. The van der Waals surface area contributed by atoms with Gasteiger partial charge in [-0.2, -0.15) is 5.10 Å². The summed E-state index contributed by atoms with van der Waals surface area (Å²) in [6.45, 7) is 9.75. The van der Waals surface area contributed by atoms with Crippen LogP contribution in [0.1, 0.15) is 23.2 Å². The maximum absolute atomic E-state index is 13.5. The molecule has 0 unspecified atom stereocenters. The van der Waals surface area contributed by atoms with Gasteiger partial charge >= 0.3 is 0 Å². The number of para-hydroxylation sites is 1. The third kappa shape index (κ3) is 5.46. The molecule has 0 aliphatic carbocycles. The largest absolute Gasteiger partial charge is 0.369 e. The van der Waals surface area contributed by atoms with Gasteiger partial charge in [0.15, 0.2) is 0 Å². The zero-order chi connectivity index (χ0) is 24.2. The van der Waals surface area contributed by atoms with Crippen molar-refractivity contribution in [1.29, 1.82) is 0 Å². The molecule has 0 atom stereocenters. The van der Waals surface area contributed by atoms with E-state index in [0.29, 0.717) is 0 Å². The first-order valence-corrected chi connectivity index (χ1v) is 12.5. The average Bonchev–Trinajstić information content (AvgIpc) is 3.31. The number of aryl methyl sites for hydroxylation is 3. The second-order valence-electron chi connectivity index (χ2n) is 9.48. The van der Waals surface area contributed by atoms with E-state index >= 15 is 0 Å². The molecule has 0 spiro atoms. The fourth-order valence-corrected chi connectivity index (χ4v) is 4.78. The molecule has 0 N–H and O–H groups in total. The van der Waals surface area contributed by atoms with Gasteiger partial charge in [-0.1, -0.05) is 24.3 Å². The highest BCUT2D eigenvalue weighted by Gasteiger charge is 2.18. The Kier molecular flexibility index (Phi) is 6.96. The minimum Gasteiger partial charge on any atom is -0.369 e. The monoisotopic (exact) mass is 468 g/mol. The van der Waals surface area contributed by atoms with Crippen LogP contribution in [0.3, 0.4) is 0 Å². The molecule has 0 saturated carbocycles. The summed E-state index contributed by atoms with van der Waals surface area (Å²) in [4.78, 5) is 5.06. The molecule has 2 heterocycles. The second-order valence-corrected chi connectivity index (χ2v) is 9.48. The molecular formula is C30H33FN4. The fraction of sp³-hybridized carbons (Fsp3) is 0.300. The second kappa shape index (κ2) is 10.4. The van der Waals surface area contributed by atoms with Crippen molar-refractivity contribution in [3.05, 3.63) is 102 Å². The Morgan fingerprint density at radius 1 is 0.771 bits per heavy atom. The third-order valence-corrected chi connectivity index (χ3v) is 7.04. The van der Waals surface area contributed by atoms with E-state index in [1.54, 1.807) is 0 Å². The molecule has 5 heteroatoms. The summed E-state index contributed by atoms with van der Waals surface area (Å²) in [6, 6.07) is 25.8. The molecule has 0 amide bonds. The minimum absolute atomic E-state index is 0.225. The van der Waals surface area contributed by atoms with Crippen LogP contribution in [0.2, 0.25) is 0 Å². The van der Waals surface area contributed by atoms with E-state index in [0.717, 1.165) is 68.2 Å². The van der Waals surface area contributed by atoms with Crippen molar-refractivity contribution in [2.45, 2.75) is 26.7 Å². The lowest BCUT2D eigenvalue weighted by Gasteiger charge is -2.36. The molecule has 4 aromatic rings. The van der Waals surface area contributed by atoms with Crippen LogP contribution in [-0.2, 0) is 6.42 Å². The topological polar surface area (TPSA) is 24.3 Å². The number of anilines is 1. The SMILES string of the molecule is Cc1ccc(N2CCN(CCCc3cc(-c4ccc(F)cc4)n(-c4ccccc4)n3)CC2)cc1C. The molecule has 1 aliphatic heterocycles. The fourth-order valence-electron chi connectivity index (χ4n) is 4.78. The van der Waals surface area contributed by atoms with E-state index in [-0.39, 0.29) is 5.82 Å². The average molecular weight is 469 g/mol. The Morgan fingerprint density at radius 2 is 1.51 bits per heavy atom. The highest BCUT2D eigenvalue weighted by Crippen LogP contribution is 2.25. The molecule has 4 nitrogen and oxygen atoms in total. The molecule has 1 saturated heterocycles. The van der Waals surface area contributed by atoms with E-state index in [4.69, 9.17) is 5.10 Å². The van der Waals surface area contributed by atoms with Gasteiger partial charge in [-0.15, -0.1) is 0 Å². The van der Waals surface area contributed by atoms with Crippen molar-refractivity contribution >= 4 is 5.69 Å². The smallest absolute Gasteiger partial charge is 0.123 e. The summed E-state index contributed by atoms with van der Waals surface area (Å²) in [5.41, 5.74) is 8.10. The zero-order valence-electron chi connectivity index (χ0n) is 20.6. The molecule has 0 bridgehead atoms. The number of rotatable bonds is 7. The van der Waals surface area contributed by atoms with Gasteiger partial charge in [-0.05, 0) is 99.0 Å². The zero-order valence-corrected chi connectivity index (χ0v) is 20.6. The predicted molar refractivity (Wildman–Crippen MR) is 142 cm³/mol. The standard InChI is InChI=1S/C30H33FN4/c1-23-10-15-29(21-24(23)2)34-19-17-33(18-20-34)16-6-7-27-22-30(25-11-13-26(31)14-12-25)35(32-27)28-8-4-3-5-9-28/h3-5,8-15,21-22H,6-7,16-20H2,1-2H3. The Bertz CT molecular complexity index is 1260. The van der Waals surface area contributed by atoms with E-state index < -0.39 is 0 Å². The summed E-state index contributed by atoms with van der Waals surface area (Å²) in [7, 11) is 0. The maximum atomic E-state index is 13.5. The van der Waals surface area contributed by atoms with Crippen molar-refractivity contribution < 1.29 is 4.39 Å². The summed E-state index contributed by atoms with van der Waals surface area (Å²) in [5.74, 6) is -0.225. The number of halogens is 1. The molecule has 1 fully saturated rings. The summed E-state index contributed by atoms with van der Waals surface area (Å²) >= 11 is 0. The molecule has 1 aliphatic rings. The van der Waals surface area contributed by atoms with E-state index in [1.165, 1.54) is 28.9 Å². The molecular weight excluding hydrogens is 435 g/mol. The Hall–Kier alpha value is -3.44. The van der Waals surface area contributed by atoms with Crippen molar-refractivity contribution in [2.75, 3.05) is 37.6 Å². The first-order valence-electron chi connectivity index (χ1n) is 12.5. The first kappa shape index (κ1) is 23.3. The lowest BCUT2D eigenvalue weighted by atomic mass is 10.1. The third-order valence-electron chi connectivity index (χ3n) is 7.04.